The van der Waals surface area contributed by atoms with E-state index in [1.54, 1.807) is 24.3 Å². The Morgan fingerprint density at radius 1 is 0.974 bits per heavy atom. The molecule has 2 aromatic carbocycles. The molecule has 2 aliphatic rings. The van der Waals surface area contributed by atoms with E-state index in [0.717, 1.165) is 24.8 Å². The number of nitrogens with one attached hydrogen (secondary N) is 1. The third-order valence-electron chi connectivity index (χ3n) is 7.50. The number of hydrogen-bond donors (Lipinski definition) is 2. The van der Waals surface area contributed by atoms with Crippen LogP contribution < -0.4 is 5.32 Å². The van der Waals surface area contributed by atoms with Gasteiger partial charge in [-0.1, -0.05) is 55.5 Å². The lowest BCUT2D eigenvalue weighted by Gasteiger charge is -2.31. The normalized spacial score (nSPS) is 18.4. The summed E-state index contributed by atoms with van der Waals surface area (Å²) in [7, 11) is 0. The maximum absolute atomic E-state index is 13.7. The maximum Gasteiger partial charge on any atom is 0.305 e. The Morgan fingerprint density at radius 3 is 2.24 bits per heavy atom. The van der Waals surface area contributed by atoms with Crippen molar-refractivity contribution in [1.82, 2.24) is 15.1 Å². The second-order valence-corrected chi connectivity index (χ2v) is 10.2. The second kappa shape index (κ2) is 12.2. The number of rotatable bonds is 9. The van der Waals surface area contributed by atoms with Gasteiger partial charge in [0.25, 0.3) is 11.8 Å². The number of aliphatic carboxylic acids is 1. The van der Waals surface area contributed by atoms with E-state index < -0.39 is 36.3 Å². The summed E-state index contributed by atoms with van der Waals surface area (Å²) in [6, 6.07) is 11.2. The van der Waals surface area contributed by atoms with Crippen molar-refractivity contribution < 1.29 is 28.7 Å². The van der Waals surface area contributed by atoms with Crippen molar-refractivity contribution in [2.75, 3.05) is 13.1 Å². The van der Waals surface area contributed by atoms with Gasteiger partial charge in [-0.3, -0.25) is 19.2 Å². The van der Waals surface area contributed by atoms with Gasteiger partial charge in [-0.25, -0.2) is 4.39 Å². The number of hydrogen-bond acceptors (Lipinski definition) is 4. The Labute approximate surface area is 221 Å². The smallest absolute Gasteiger partial charge is 0.305 e. The Bertz CT molecular complexity index is 1160. The largest absolute Gasteiger partial charge is 0.481 e. The van der Waals surface area contributed by atoms with Gasteiger partial charge in [0.15, 0.2) is 6.17 Å². The minimum absolute atomic E-state index is 0.181. The van der Waals surface area contributed by atoms with Crippen molar-refractivity contribution in [3.63, 3.8) is 0 Å². The monoisotopic (exact) mass is 523 g/mol. The van der Waals surface area contributed by atoms with Gasteiger partial charge in [0, 0.05) is 25.1 Å². The van der Waals surface area contributed by atoms with Crippen molar-refractivity contribution >= 4 is 23.7 Å². The maximum atomic E-state index is 13.7. The molecule has 0 spiro atoms. The zero-order valence-electron chi connectivity index (χ0n) is 21.6. The van der Waals surface area contributed by atoms with E-state index in [1.165, 1.54) is 46.9 Å². The summed E-state index contributed by atoms with van der Waals surface area (Å²) in [5, 5.41) is 12.2. The Balaban J connectivity index is 1.58. The SMILES string of the molecule is Cc1ccc(C(=O)N2CCN(C(=O)CCC3CCCC3)C2C(=O)NC(CC(=O)O)c2ccc(F)cc2)cc1. The lowest BCUT2D eigenvalue weighted by Crippen LogP contribution is -2.54. The van der Waals surface area contributed by atoms with E-state index in [0.29, 0.717) is 17.0 Å². The molecule has 202 valence electrons. The summed E-state index contributed by atoms with van der Waals surface area (Å²) in [5.41, 5.74) is 1.79. The van der Waals surface area contributed by atoms with Gasteiger partial charge in [-0.05, 0) is 49.1 Å². The number of carboxylic acid groups (broad SMARTS) is 1. The molecule has 1 saturated carbocycles. The van der Waals surface area contributed by atoms with Crippen molar-refractivity contribution in [1.29, 1.82) is 0 Å². The van der Waals surface area contributed by atoms with E-state index in [4.69, 9.17) is 0 Å². The van der Waals surface area contributed by atoms with E-state index in [-0.39, 0.29) is 31.3 Å². The quantitative estimate of drug-likeness (QED) is 0.516. The van der Waals surface area contributed by atoms with Crippen LogP contribution in [0.1, 0.15) is 72.5 Å². The average Bonchev–Trinajstić information content (AvgIpc) is 3.57. The molecule has 8 nitrogen and oxygen atoms in total. The summed E-state index contributed by atoms with van der Waals surface area (Å²) in [6.07, 6.45) is 3.92. The van der Waals surface area contributed by atoms with Crippen LogP contribution in [-0.4, -0.2) is 57.9 Å². The first-order valence-corrected chi connectivity index (χ1v) is 13.2. The van der Waals surface area contributed by atoms with Gasteiger partial charge >= 0.3 is 5.97 Å². The highest BCUT2D eigenvalue weighted by molar-refractivity contribution is 5.99. The van der Waals surface area contributed by atoms with Gasteiger partial charge in [-0.2, -0.15) is 0 Å². The Morgan fingerprint density at radius 2 is 1.61 bits per heavy atom. The average molecular weight is 524 g/mol. The minimum atomic E-state index is -1.21. The molecule has 1 aliphatic carbocycles. The second-order valence-electron chi connectivity index (χ2n) is 10.2. The molecule has 9 heteroatoms. The van der Waals surface area contributed by atoms with Crippen LogP contribution in [-0.2, 0) is 14.4 Å². The first-order valence-electron chi connectivity index (χ1n) is 13.2. The minimum Gasteiger partial charge on any atom is -0.481 e. The van der Waals surface area contributed by atoms with E-state index in [9.17, 15) is 28.7 Å². The summed E-state index contributed by atoms with van der Waals surface area (Å²) in [4.78, 5) is 54.8. The van der Waals surface area contributed by atoms with Gasteiger partial charge in [0.05, 0.1) is 12.5 Å². The van der Waals surface area contributed by atoms with Crippen molar-refractivity contribution in [3.05, 3.63) is 71.0 Å². The van der Waals surface area contributed by atoms with E-state index >= 15 is 0 Å². The third-order valence-corrected chi connectivity index (χ3v) is 7.50. The van der Waals surface area contributed by atoms with Gasteiger partial charge in [0.1, 0.15) is 5.82 Å². The molecule has 2 aromatic rings. The Hall–Kier alpha value is -3.75. The lowest BCUT2D eigenvalue weighted by atomic mass is 10.0. The molecule has 38 heavy (non-hydrogen) atoms. The van der Waals surface area contributed by atoms with Crippen LogP contribution >= 0.6 is 0 Å². The number of carbonyl (C=O) groups excluding carboxylic acids is 3. The molecule has 2 atom stereocenters. The number of carboxylic acids is 1. The van der Waals surface area contributed by atoms with Crippen LogP contribution in [0.3, 0.4) is 0 Å². The highest BCUT2D eigenvalue weighted by atomic mass is 19.1. The molecule has 1 saturated heterocycles. The predicted octanol–water partition coefficient (Wildman–Crippen LogP) is 4.05. The zero-order chi connectivity index (χ0) is 27.2. The van der Waals surface area contributed by atoms with Gasteiger partial charge in [0.2, 0.25) is 5.91 Å². The number of carbonyl (C=O) groups is 4. The highest BCUT2D eigenvalue weighted by Crippen LogP contribution is 2.30. The van der Waals surface area contributed by atoms with Crippen molar-refractivity contribution in [2.45, 2.75) is 64.1 Å². The zero-order valence-corrected chi connectivity index (χ0v) is 21.6. The number of amides is 3. The highest BCUT2D eigenvalue weighted by Gasteiger charge is 2.43. The van der Waals surface area contributed by atoms with Crippen LogP contribution in [0.4, 0.5) is 4.39 Å². The van der Waals surface area contributed by atoms with Crippen LogP contribution in [0.25, 0.3) is 0 Å². The molecule has 1 aliphatic heterocycles. The van der Waals surface area contributed by atoms with E-state index in [1.807, 2.05) is 6.92 Å². The first kappa shape index (κ1) is 27.3. The first-order chi connectivity index (χ1) is 18.2. The fourth-order valence-electron chi connectivity index (χ4n) is 5.39. The third kappa shape index (κ3) is 6.57. The molecule has 3 amide bonds. The number of aryl methyl sites for hydroxylation is 1. The van der Waals surface area contributed by atoms with Crippen LogP contribution in [0.5, 0.6) is 0 Å². The number of benzene rings is 2. The number of halogens is 1. The molecular weight excluding hydrogens is 489 g/mol. The van der Waals surface area contributed by atoms with E-state index in [2.05, 4.69) is 5.32 Å². The van der Waals surface area contributed by atoms with Crippen LogP contribution in [0.2, 0.25) is 0 Å². The van der Waals surface area contributed by atoms with Gasteiger partial charge < -0.3 is 20.2 Å². The fraction of sp³-hybridized carbons (Fsp3) is 0.448. The molecule has 1 heterocycles. The lowest BCUT2D eigenvalue weighted by molar-refractivity contribution is -0.143. The van der Waals surface area contributed by atoms with Gasteiger partial charge in [-0.15, -0.1) is 0 Å². The molecule has 2 fully saturated rings. The molecule has 2 N–H and O–H groups in total. The standard InChI is InChI=1S/C29H34FN3O5/c1-19-6-9-22(10-7-19)29(38)33-17-16-32(25(34)15-8-20-4-2-3-5-20)28(33)27(37)31-24(18-26(35)36)21-11-13-23(30)14-12-21/h6-7,9-14,20,24,28H,2-5,8,15-18H2,1H3,(H,31,37)(H,35,36). The summed E-state index contributed by atoms with van der Waals surface area (Å²) in [6.45, 7) is 2.29. The molecule has 2 unspecified atom stereocenters. The summed E-state index contributed by atoms with van der Waals surface area (Å²) < 4.78 is 13.5. The molecular formula is C29H34FN3O5. The number of nitrogens with zero attached hydrogens (tertiary/aromatic N) is 2. The molecule has 4 rings (SSSR count). The summed E-state index contributed by atoms with van der Waals surface area (Å²) >= 11 is 0. The molecule has 0 aromatic heterocycles. The van der Waals surface area contributed by atoms with Crippen molar-refractivity contribution in [2.24, 2.45) is 5.92 Å². The van der Waals surface area contributed by atoms with Crippen LogP contribution in [0, 0.1) is 18.7 Å². The van der Waals surface area contributed by atoms with Crippen molar-refractivity contribution in [3.8, 4) is 0 Å². The molecule has 0 bridgehead atoms. The summed E-state index contributed by atoms with van der Waals surface area (Å²) in [5.74, 6) is -2.37. The molecule has 0 radical (unpaired) electrons. The Kier molecular flexibility index (Phi) is 8.76. The van der Waals surface area contributed by atoms with Crippen LogP contribution in [0.15, 0.2) is 48.5 Å². The predicted molar refractivity (Wildman–Crippen MR) is 138 cm³/mol. The topological polar surface area (TPSA) is 107 Å². The fourth-order valence-corrected chi connectivity index (χ4v) is 5.39.